The molecule has 2 unspecified atom stereocenters. The molecule has 9 heteroatoms. The third kappa shape index (κ3) is 4.87. The lowest BCUT2D eigenvalue weighted by molar-refractivity contribution is -0.131. The molecule has 1 heterocycles. The molecule has 0 aromatic heterocycles. The lowest BCUT2D eigenvalue weighted by atomic mass is 10.2. The summed E-state index contributed by atoms with van der Waals surface area (Å²) in [6, 6.07) is 3.07. The number of carbonyl (C=O) groups excluding carboxylic acids is 1. The average molecular weight is 366 g/mol. The quantitative estimate of drug-likeness (QED) is 0.832. The topological polar surface area (TPSA) is 81.7 Å². The Hall–Kier alpha value is -1.22. The van der Waals surface area contributed by atoms with E-state index in [1.54, 1.807) is 4.72 Å². The van der Waals surface area contributed by atoms with E-state index in [-0.39, 0.29) is 17.7 Å². The molecule has 1 amide bonds. The van der Waals surface area contributed by atoms with Crippen LogP contribution in [0.15, 0.2) is 23.1 Å². The van der Waals surface area contributed by atoms with Crippen LogP contribution < -0.4 is 4.72 Å². The Labute approximate surface area is 139 Å². The van der Waals surface area contributed by atoms with Crippen LogP contribution in [0.1, 0.15) is 19.8 Å². The van der Waals surface area contributed by atoms with Crippen LogP contribution in [0.2, 0.25) is 5.02 Å². The Morgan fingerprint density at radius 2 is 2.30 bits per heavy atom. The summed E-state index contributed by atoms with van der Waals surface area (Å²) in [4.78, 5) is 11.3. The first-order valence-electron chi connectivity index (χ1n) is 7.04. The Balaban J connectivity index is 1.97. The van der Waals surface area contributed by atoms with E-state index in [0.29, 0.717) is 6.61 Å². The fourth-order valence-electron chi connectivity index (χ4n) is 2.07. The summed E-state index contributed by atoms with van der Waals surface area (Å²) in [5, 5.41) is 0.0565. The van der Waals surface area contributed by atoms with E-state index < -0.39 is 32.7 Å². The lowest BCUT2D eigenvalue weighted by Crippen LogP contribution is -2.39. The third-order valence-electron chi connectivity index (χ3n) is 3.34. The number of nitrogens with one attached hydrogen (secondary N) is 1. The van der Waals surface area contributed by atoms with E-state index in [1.807, 2.05) is 0 Å². The van der Waals surface area contributed by atoms with Crippen molar-refractivity contribution in [2.75, 3.05) is 13.2 Å². The maximum Gasteiger partial charge on any atom is 0.267 e. The summed E-state index contributed by atoms with van der Waals surface area (Å²) in [6.45, 7) is 2.26. The van der Waals surface area contributed by atoms with Gasteiger partial charge in [0.1, 0.15) is 16.8 Å². The van der Waals surface area contributed by atoms with Gasteiger partial charge >= 0.3 is 0 Å². The normalized spacial score (nSPS) is 19.5. The second-order valence-corrected chi connectivity index (χ2v) is 7.24. The van der Waals surface area contributed by atoms with Gasteiger partial charge in [-0.25, -0.2) is 17.5 Å². The highest BCUT2D eigenvalue weighted by Gasteiger charge is 2.26. The second kappa shape index (κ2) is 7.57. The second-order valence-electron chi connectivity index (χ2n) is 5.16. The van der Waals surface area contributed by atoms with E-state index in [0.717, 1.165) is 25.0 Å². The molecule has 2 atom stereocenters. The standard InChI is InChI=1S/C14H17ClFNO5S/c1-9(22-8-11-3-2-6-21-11)14(18)17-23(19,20)13-5-4-10(15)7-12(13)16/h4-5,7,9,11H,2-3,6,8H2,1H3,(H,17,18). The molecule has 1 saturated heterocycles. The third-order valence-corrected chi connectivity index (χ3v) is 4.96. The fraction of sp³-hybridized carbons (Fsp3) is 0.500. The summed E-state index contributed by atoms with van der Waals surface area (Å²) in [6.07, 6.45) is 0.668. The highest BCUT2D eigenvalue weighted by molar-refractivity contribution is 7.90. The molecule has 0 bridgehead atoms. The molecule has 23 heavy (non-hydrogen) atoms. The zero-order valence-corrected chi connectivity index (χ0v) is 14.0. The average Bonchev–Trinajstić information content (AvgIpc) is 2.96. The Morgan fingerprint density at radius 1 is 1.57 bits per heavy atom. The van der Waals surface area contributed by atoms with Gasteiger partial charge in [0, 0.05) is 11.6 Å². The molecule has 1 N–H and O–H groups in total. The molecule has 1 aliphatic rings. The highest BCUT2D eigenvalue weighted by atomic mass is 35.5. The molecule has 6 nitrogen and oxygen atoms in total. The monoisotopic (exact) mass is 365 g/mol. The maximum atomic E-state index is 13.7. The molecular weight excluding hydrogens is 349 g/mol. The predicted molar refractivity (Wildman–Crippen MR) is 81.1 cm³/mol. The van der Waals surface area contributed by atoms with Gasteiger partial charge in [0.25, 0.3) is 15.9 Å². The number of halogens is 2. The van der Waals surface area contributed by atoms with E-state index in [2.05, 4.69) is 0 Å². The van der Waals surface area contributed by atoms with Crippen LogP contribution in [-0.2, 0) is 24.3 Å². The molecule has 2 rings (SSSR count). The smallest absolute Gasteiger partial charge is 0.267 e. The molecule has 1 aromatic rings. The first kappa shape index (κ1) is 18.1. The number of ether oxygens (including phenoxy) is 2. The summed E-state index contributed by atoms with van der Waals surface area (Å²) in [5.74, 6) is -1.91. The van der Waals surface area contributed by atoms with Crippen LogP contribution in [0.4, 0.5) is 4.39 Å². The van der Waals surface area contributed by atoms with E-state index >= 15 is 0 Å². The van der Waals surface area contributed by atoms with Crippen LogP contribution in [0, 0.1) is 5.82 Å². The Kier molecular flexibility index (Phi) is 5.96. The zero-order chi connectivity index (χ0) is 17.0. The lowest BCUT2D eigenvalue weighted by Gasteiger charge is -2.16. The number of hydrogen-bond acceptors (Lipinski definition) is 5. The van der Waals surface area contributed by atoms with Crippen LogP contribution >= 0.6 is 11.6 Å². The minimum atomic E-state index is -4.33. The fourth-order valence-corrected chi connectivity index (χ4v) is 3.33. The minimum absolute atomic E-state index is 0.0565. The summed E-state index contributed by atoms with van der Waals surface area (Å²) >= 11 is 5.57. The molecule has 0 spiro atoms. The van der Waals surface area contributed by atoms with E-state index in [9.17, 15) is 17.6 Å². The largest absolute Gasteiger partial charge is 0.376 e. The van der Waals surface area contributed by atoms with Gasteiger partial charge in [-0.15, -0.1) is 0 Å². The predicted octanol–water partition coefficient (Wildman–Crippen LogP) is 1.87. The Morgan fingerprint density at radius 3 is 2.91 bits per heavy atom. The van der Waals surface area contributed by atoms with Crippen molar-refractivity contribution in [3.8, 4) is 0 Å². The summed E-state index contributed by atoms with van der Waals surface area (Å²) in [7, 11) is -4.33. The van der Waals surface area contributed by atoms with Gasteiger partial charge in [-0.05, 0) is 38.0 Å². The van der Waals surface area contributed by atoms with Crippen LogP contribution in [0.5, 0.6) is 0 Å². The molecule has 1 fully saturated rings. The van der Waals surface area contributed by atoms with Gasteiger partial charge in [-0.2, -0.15) is 0 Å². The molecule has 128 valence electrons. The van der Waals surface area contributed by atoms with Crippen molar-refractivity contribution >= 4 is 27.5 Å². The number of amides is 1. The van der Waals surface area contributed by atoms with Crippen molar-refractivity contribution in [1.29, 1.82) is 0 Å². The first-order valence-corrected chi connectivity index (χ1v) is 8.90. The molecule has 0 radical (unpaired) electrons. The zero-order valence-electron chi connectivity index (χ0n) is 12.4. The summed E-state index contributed by atoms with van der Waals surface area (Å²) in [5.41, 5.74) is 0. The van der Waals surface area contributed by atoms with Crippen molar-refractivity contribution in [2.24, 2.45) is 0 Å². The minimum Gasteiger partial charge on any atom is -0.376 e. The van der Waals surface area contributed by atoms with Crippen molar-refractivity contribution in [3.05, 3.63) is 29.0 Å². The number of carbonyl (C=O) groups is 1. The van der Waals surface area contributed by atoms with Gasteiger partial charge in [0.05, 0.1) is 12.7 Å². The maximum absolute atomic E-state index is 13.7. The van der Waals surface area contributed by atoms with Crippen LogP contribution in [0.3, 0.4) is 0 Å². The SMILES string of the molecule is CC(OCC1CCCO1)C(=O)NS(=O)(=O)c1ccc(Cl)cc1F. The van der Waals surface area contributed by atoms with Crippen LogP contribution in [-0.4, -0.2) is 39.7 Å². The highest BCUT2D eigenvalue weighted by Crippen LogP contribution is 2.19. The molecule has 0 aliphatic carbocycles. The van der Waals surface area contributed by atoms with Gasteiger partial charge < -0.3 is 9.47 Å². The van der Waals surface area contributed by atoms with Crippen molar-refractivity contribution in [1.82, 2.24) is 4.72 Å². The van der Waals surface area contributed by atoms with Gasteiger partial charge in [0.2, 0.25) is 0 Å². The van der Waals surface area contributed by atoms with Crippen molar-refractivity contribution in [2.45, 2.75) is 36.9 Å². The Bertz CT molecular complexity index is 676. The number of hydrogen-bond donors (Lipinski definition) is 1. The van der Waals surface area contributed by atoms with Gasteiger partial charge in [-0.3, -0.25) is 4.79 Å². The summed E-state index contributed by atoms with van der Waals surface area (Å²) < 4.78 is 50.2. The van der Waals surface area contributed by atoms with Crippen molar-refractivity contribution in [3.63, 3.8) is 0 Å². The van der Waals surface area contributed by atoms with Crippen molar-refractivity contribution < 1.29 is 27.1 Å². The number of sulfonamides is 1. The van der Waals surface area contributed by atoms with Gasteiger partial charge in [-0.1, -0.05) is 11.6 Å². The number of rotatable bonds is 6. The molecular formula is C14H17ClFNO5S. The molecule has 1 aliphatic heterocycles. The van der Waals surface area contributed by atoms with Gasteiger partial charge in [0.15, 0.2) is 0 Å². The number of benzene rings is 1. The van der Waals surface area contributed by atoms with E-state index in [4.69, 9.17) is 21.1 Å². The first-order chi connectivity index (χ1) is 10.8. The molecule has 0 saturated carbocycles. The van der Waals surface area contributed by atoms with Crippen LogP contribution in [0.25, 0.3) is 0 Å². The van der Waals surface area contributed by atoms with E-state index in [1.165, 1.54) is 13.0 Å². The molecule has 1 aromatic carbocycles.